The summed E-state index contributed by atoms with van der Waals surface area (Å²) in [6, 6.07) is 0. The van der Waals surface area contributed by atoms with Crippen molar-refractivity contribution in [3.8, 4) is 0 Å². The molecule has 4 nitrogen and oxygen atoms in total. The lowest BCUT2D eigenvalue weighted by molar-refractivity contribution is 0.176. The molecule has 1 aliphatic rings. The number of hydrogen-bond acceptors (Lipinski definition) is 3. The first kappa shape index (κ1) is 9.68. The van der Waals surface area contributed by atoms with Crippen LogP contribution < -0.4 is 0 Å². The summed E-state index contributed by atoms with van der Waals surface area (Å²) in [6.45, 7) is 2.85. The van der Waals surface area contributed by atoms with Crippen molar-refractivity contribution in [2.24, 2.45) is 7.05 Å². The number of aromatic nitrogens is 2. The molecule has 0 amide bonds. The van der Waals surface area contributed by atoms with E-state index in [1.165, 1.54) is 0 Å². The van der Waals surface area contributed by atoms with E-state index in [4.69, 9.17) is 0 Å². The van der Waals surface area contributed by atoms with Crippen molar-refractivity contribution in [2.75, 3.05) is 19.6 Å². The third-order valence-corrected chi connectivity index (χ3v) is 2.82. The third kappa shape index (κ3) is 2.13. The Labute approximate surface area is 84.2 Å². The first-order valence-corrected chi connectivity index (χ1v) is 5.12. The van der Waals surface area contributed by atoms with E-state index in [-0.39, 0.29) is 6.10 Å². The van der Waals surface area contributed by atoms with E-state index >= 15 is 0 Å². The Morgan fingerprint density at radius 1 is 1.64 bits per heavy atom. The summed E-state index contributed by atoms with van der Waals surface area (Å²) in [5.74, 6) is 1.12. The van der Waals surface area contributed by atoms with Gasteiger partial charge in [0.1, 0.15) is 5.82 Å². The number of imidazole rings is 1. The number of aryl methyl sites for hydroxylation is 1. The molecule has 4 heteroatoms. The van der Waals surface area contributed by atoms with Crippen LogP contribution in [0.2, 0.25) is 0 Å². The Morgan fingerprint density at radius 3 is 3.07 bits per heavy atom. The molecule has 0 aliphatic carbocycles. The quantitative estimate of drug-likeness (QED) is 0.740. The molecule has 1 aromatic heterocycles. The summed E-state index contributed by atoms with van der Waals surface area (Å²) in [7, 11) is 2.02. The smallest absolute Gasteiger partial charge is 0.109 e. The van der Waals surface area contributed by atoms with Gasteiger partial charge in [-0.15, -0.1) is 0 Å². The van der Waals surface area contributed by atoms with Gasteiger partial charge in [-0.2, -0.15) is 0 Å². The van der Waals surface area contributed by atoms with Gasteiger partial charge in [-0.3, -0.25) is 0 Å². The van der Waals surface area contributed by atoms with Gasteiger partial charge in [-0.05, 0) is 6.42 Å². The summed E-state index contributed by atoms with van der Waals surface area (Å²) in [5, 5.41) is 9.35. The number of hydrogen-bond donors (Lipinski definition) is 1. The van der Waals surface area contributed by atoms with Crippen LogP contribution in [0, 0.1) is 0 Å². The van der Waals surface area contributed by atoms with Crippen LogP contribution in [-0.2, 0) is 13.5 Å². The van der Waals surface area contributed by atoms with Crippen LogP contribution in [0.1, 0.15) is 12.2 Å². The van der Waals surface area contributed by atoms with Crippen molar-refractivity contribution in [3.63, 3.8) is 0 Å². The van der Waals surface area contributed by atoms with Crippen LogP contribution in [0.15, 0.2) is 12.4 Å². The zero-order valence-electron chi connectivity index (χ0n) is 8.56. The fourth-order valence-electron chi connectivity index (χ4n) is 1.91. The molecule has 1 aliphatic heterocycles. The van der Waals surface area contributed by atoms with Crippen LogP contribution in [0.3, 0.4) is 0 Å². The van der Waals surface area contributed by atoms with Crippen molar-refractivity contribution in [1.29, 1.82) is 0 Å². The summed E-state index contributed by atoms with van der Waals surface area (Å²) in [6.07, 6.45) is 5.57. The lowest BCUT2D eigenvalue weighted by Crippen LogP contribution is -2.25. The minimum absolute atomic E-state index is 0.114. The highest BCUT2D eigenvalue weighted by molar-refractivity contribution is 4.92. The second-order valence-electron chi connectivity index (χ2n) is 3.95. The molecule has 14 heavy (non-hydrogen) atoms. The molecule has 0 unspecified atom stereocenters. The molecule has 0 radical (unpaired) electrons. The highest BCUT2D eigenvalue weighted by Gasteiger charge is 2.19. The molecule has 2 rings (SSSR count). The van der Waals surface area contributed by atoms with E-state index in [9.17, 15) is 5.11 Å². The zero-order chi connectivity index (χ0) is 9.97. The van der Waals surface area contributed by atoms with Gasteiger partial charge >= 0.3 is 0 Å². The maximum atomic E-state index is 9.35. The largest absolute Gasteiger partial charge is 0.392 e. The molecule has 0 saturated carbocycles. The number of β-amino-alcohol motifs (C(OH)–C–C–N with tert-alkyl or cyclic N) is 1. The molecule has 0 bridgehead atoms. The molecule has 78 valence electrons. The molecule has 1 N–H and O–H groups in total. The highest BCUT2D eigenvalue weighted by atomic mass is 16.3. The molecule has 0 aromatic carbocycles. The van der Waals surface area contributed by atoms with Gasteiger partial charge in [0.15, 0.2) is 0 Å². The van der Waals surface area contributed by atoms with Gasteiger partial charge in [0, 0.05) is 45.5 Å². The van der Waals surface area contributed by atoms with E-state index < -0.39 is 0 Å². The summed E-state index contributed by atoms with van der Waals surface area (Å²) < 4.78 is 2.05. The van der Waals surface area contributed by atoms with Gasteiger partial charge in [0.25, 0.3) is 0 Å². The van der Waals surface area contributed by atoms with E-state index in [2.05, 4.69) is 9.88 Å². The third-order valence-electron chi connectivity index (χ3n) is 2.82. The molecule has 1 aromatic rings. The minimum atomic E-state index is -0.114. The second-order valence-corrected chi connectivity index (χ2v) is 3.95. The fourth-order valence-corrected chi connectivity index (χ4v) is 1.91. The predicted molar refractivity (Wildman–Crippen MR) is 54.0 cm³/mol. The van der Waals surface area contributed by atoms with Crippen molar-refractivity contribution < 1.29 is 5.11 Å². The Balaban J connectivity index is 1.80. The summed E-state index contributed by atoms with van der Waals surface area (Å²) >= 11 is 0. The number of rotatable bonds is 3. The van der Waals surface area contributed by atoms with Gasteiger partial charge in [-0.1, -0.05) is 0 Å². The fraction of sp³-hybridized carbons (Fsp3) is 0.700. The average molecular weight is 195 g/mol. The number of likely N-dealkylation sites (tertiary alicyclic amines) is 1. The van der Waals surface area contributed by atoms with Crippen LogP contribution in [0.25, 0.3) is 0 Å². The Kier molecular flexibility index (Phi) is 2.84. The lowest BCUT2D eigenvalue weighted by Gasteiger charge is -2.14. The summed E-state index contributed by atoms with van der Waals surface area (Å²) in [5.41, 5.74) is 0. The van der Waals surface area contributed by atoms with E-state index in [1.54, 1.807) is 0 Å². The van der Waals surface area contributed by atoms with E-state index in [0.717, 1.165) is 38.3 Å². The van der Waals surface area contributed by atoms with Gasteiger partial charge in [0.05, 0.1) is 6.10 Å². The monoisotopic (exact) mass is 195 g/mol. The topological polar surface area (TPSA) is 41.3 Å². The highest BCUT2D eigenvalue weighted by Crippen LogP contribution is 2.09. The maximum absolute atomic E-state index is 9.35. The second kappa shape index (κ2) is 4.11. The molecule has 0 spiro atoms. The number of aliphatic hydroxyl groups excluding tert-OH is 1. The Hall–Kier alpha value is -0.870. The van der Waals surface area contributed by atoms with Crippen LogP contribution >= 0.6 is 0 Å². The average Bonchev–Trinajstić information content (AvgIpc) is 2.72. The van der Waals surface area contributed by atoms with Crippen molar-refractivity contribution in [1.82, 2.24) is 14.5 Å². The van der Waals surface area contributed by atoms with Gasteiger partial charge in [-0.25, -0.2) is 4.98 Å². The number of aliphatic hydroxyl groups is 1. The number of nitrogens with zero attached hydrogens (tertiary/aromatic N) is 3. The molecular formula is C10H17N3O. The van der Waals surface area contributed by atoms with E-state index in [1.807, 2.05) is 24.0 Å². The Morgan fingerprint density at radius 2 is 2.50 bits per heavy atom. The maximum Gasteiger partial charge on any atom is 0.109 e. The lowest BCUT2D eigenvalue weighted by atomic mass is 10.3. The zero-order valence-corrected chi connectivity index (χ0v) is 8.56. The molecule has 1 atom stereocenters. The SMILES string of the molecule is Cn1ccnc1CCN1CC[C@H](O)C1. The van der Waals surface area contributed by atoms with Crippen LogP contribution in [0.4, 0.5) is 0 Å². The minimum Gasteiger partial charge on any atom is -0.392 e. The predicted octanol–water partition coefficient (Wildman–Crippen LogP) is 0.0292. The Bertz CT molecular complexity index is 297. The normalized spacial score (nSPS) is 23.1. The van der Waals surface area contributed by atoms with Crippen molar-refractivity contribution in [3.05, 3.63) is 18.2 Å². The van der Waals surface area contributed by atoms with Gasteiger partial charge < -0.3 is 14.6 Å². The molecule has 1 saturated heterocycles. The summed E-state index contributed by atoms with van der Waals surface area (Å²) in [4.78, 5) is 6.56. The van der Waals surface area contributed by atoms with Crippen molar-refractivity contribution in [2.45, 2.75) is 18.9 Å². The molecule has 2 heterocycles. The van der Waals surface area contributed by atoms with Crippen LogP contribution in [-0.4, -0.2) is 45.3 Å². The first-order valence-electron chi connectivity index (χ1n) is 5.12. The standard InChI is InChI=1S/C10H17N3O/c1-12-7-4-11-10(12)3-6-13-5-2-9(14)8-13/h4,7,9,14H,2-3,5-6,8H2,1H3/t9-/m0/s1. The van der Waals surface area contributed by atoms with Crippen LogP contribution in [0.5, 0.6) is 0 Å². The molecule has 1 fully saturated rings. The van der Waals surface area contributed by atoms with E-state index in [0.29, 0.717) is 0 Å². The molecular weight excluding hydrogens is 178 g/mol. The van der Waals surface area contributed by atoms with Crippen molar-refractivity contribution >= 4 is 0 Å². The van der Waals surface area contributed by atoms with Gasteiger partial charge in [0.2, 0.25) is 0 Å². The first-order chi connectivity index (χ1) is 6.75.